The zero-order valence-electron chi connectivity index (χ0n) is 16.4. The van der Waals surface area contributed by atoms with E-state index in [1.165, 1.54) is 11.8 Å². The molecule has 1 unspecified atom stereocenters. The van der Waals surface area contributed by atoms with E-state index in [0.717, 1.165) is 30.9 Å². The van der Waals surface area contributed by atoms with E-state index in [0.29, 0.717) is 28.7 Å². The molecular weight excluding hydrogens is 404 g/mol. The predicted octanol–water partition coefficient (Wildman–Crippen LogP) is 2.37. The Balaban J connectivity index is 1.56. The van der Waals surface area contributed by atoms with Gasteiger partial charge < -0.3 is 19.4 Å². The van der Waals surface area contributed by atoms with E-state index in [9.17, 15) is 9.90 Å². The van der Waals surface area contributed by atoms with E-state index in [1.54, 1.807) is 11.1 Å². The van der Waals surface area contributed by atoms with Crippen LogP contribution in [0.1, 0.15) is 29.1 Å². The van der Waals surface area contributed by atoms with Gasteiger partial charge in [-0.1, -0.05) is 29.1 Å². The number of fused-ring (bicyclic) bond motifs is 3. The number of nitrogens with zero attached hydrogens (tertiary/aromatic N) is 6. The second-order valence-corrected chi connectivity index (χ2v) is 7.99. The highest BCUT2D eigenvalue weighted by Crippen LogP contribution is 2.35. The van der Waals surface area contributed by atoms with Crippen molar-refractivity contribution in [2.24, 2.45) is 0 Å². The fourth-order valence-corrected chi connectivity index (χ4v) is 4.38. The Morgan fingerprint density at radius 2 is 2.23 bits per heavy atom. The Kier molecular flexibility index (Phi) is 4.87. The normalized spacial score (nSPS) is 18.3. The molecule has 0 saturated carbocycles. The number of anilines is 2. The minimum Gasteiger partial charge on any atom is -0.387 e. The van der Waals surface area contributed by atoms with Crippen LogP contribution in [0.15, 0.2) is 40.1 Å². The number of aromatic nitrogens is 4. The lowest BCUT2D eigenvalue weighted by Gasteiger charge is -2.27. The molecule has 2 aliphatic heterocycles. The van der Waals surface area contributed by atoms with E-state index in [1.807, 2.05) is 30.5 Å². The molecule has 154 valence electrons. The topological polar surface area (TPSA) is 108 Å². The van der Waals surface area contributed by atoms with Gasteiger partial charge in [-0.2, -0.15) is 4.98 Å². The lowest BCUT2D eigenvalue weighted by Crippen LogP contribution is -2.39. The summed E-state index contributed by atoms with van der Waals surface area (Å²) in [6, 6.07) is 7.68. The molecule has 0 aliphatic carbocycles. The molecule has 1 saturated heterocycles. The molecular formula is C20H20N6O3S. The van der Waals surface area contributed by atoms with Crippen LogP contribution in [0.25, 0.3) is 11.4 Å². The van der Waals surface area contributed by atoms with E-state index in [2.05, 4.69) is 25.0 Å². The highest BCUT2D eigenvalue weighted by Gasteiger charge is 2.37. The van der Waals surface area contributed by atoms with Gasteiger partial charge in [-0.15, -0.1) is 0 Å². The zero-order chi connectivity index (χ0) is 20.7. The summed E-state index contributed by atoms with van der Waals surface area (Å²) in [7, 11) is 0. The quantitative estimate of drug-likeness (QED) is 0.499. The maximum absolute atomic E-state index is 13.5. The van der Waals surface area contributed by atoms with E-state index in [4.69, 9.17) is 4.52 Å². The lowest BCUT2D eigenvalue weighted by molar-refractivity contribution is 0.0988. The summed E-state index contributed by atoms with van der Waals surface area (Å²) in [4.78, 5) is 30.7. The molecule has 30 heavy (non-hydrogen) atoms. The first-order valence-electron chi connectivity index (χ1n) is 9.71. The van der Waals surface area contributed by atoms with Gasteiger partial charge >= 0.3 is 0 Å². The Labute approximate surface area is 177 Å². The molecule has 1 amide bonds. The first-order chi connectivity index (χ1) is 14.7. The van der Waals surface area contributed by atoms with E-state index < -0.39 is 0 Å². The monoisotopic (exact) mass is 424 g/mol. The van der Waals surface area contributed by atoms with Gasteiger partial charge in [-0.3, -0.25) is 4.79 Å². The van der Waals surface area contributed by atoms with Crippen LogP contribution in [0.2, 0.25) is 0 Å². The number of hydrogen-bond acceptors (Lipinski definition) is 9. The van der Waals surface area contributed by atoms with Crippen LogP contribution in [-0.2, 0) is 6.61 Å². The van der Waals surface area contributed by atoms with Gasteiger partial charge in [0, 0.05) is 36.6 Å². The summed E-state index contributed by atoms with van der Waals surface area (Å²) in [5.41, 5.74) is 1.98. The third kappa shape index (κ3) is 3.21. The largest absolute Gasteiger partial charge is 0.387 e. The summed E-state index contributed by atoms with van der Waals surface area (Å²) < 4.78 is 5.00. The van der Waals surface area contributed by atoms with E-state index >= 15 is 0 Å². The van der Waals surface area contributed by atoms with Crippen molar-refractivity contribution in [2.45, 2.75) is 30.6 Å². The first-order valence-corrected chi connectivity index (χ1v) is 10.9. The Morgan fingerprint density at radius 3 is 3.03 bits per heavy atom. The molecule has 9 nitrogen and oxygen atoms in total. The highest BCUT2D eigenvalue weighted by molar-refractivity contribution is 7.98. The lowest BCUT2D eigenvalue weighted by atomic mass is 10.1. The van der Waals surface area contributed by atoms with Gasteiger partial charge in [-0.05, 0) is 31.2 Å². The number of aliphatic hydroxyl groups is 1. The summed E-state index contributed by atoms with van der Waals surface area (Å²) in [5.74, 6) is 1.14. The minimum atomic E-state index is -0.316. The molecule has 2 aliphatic rings. The van der Waals surface area contributed by atoms with Gasteiger partial charge in [0.25, 0.3) is 11.8 Å². The van der Waals surface area contributed by atoms with E-state index in [-0.39, 0.29) is 24.4 Å². The second-order valence-electron chi connectivity index (χ2n) is 7.22. The molecule has 5 rings (SSSR count). The van der Waals surface area contributed by atoms with Gasteiger partial charge in [0.1, 0.15) is 18.0 Å². The van der Waals surface area contributed by atoms with Crippen LogP contribution >= 0.6 is 11.8 Å². The van der Waals surface area contributed by atoms with Crippen molar-refractivity contribution in [1.82, 2.24) is 20.1 Å². The fraction of sp³-hybridized carbons (Fsp3) is 0.350. The van der Waals surface area contributed by atoms with Crippen molar-refractivity contribution >= 4 is 29.2 Å². The minimum absolute atomic E-state index is 0.117. The molecule has 1 aromatic carbocycles. The van der Waals surface area contributed by atoms with Crippen LogP contribution < -0.4 is 9.80 Å². The molecule has 0 spiro atoms. The fourth-order valence-electron chi connectivity index (χ4n) is 4.04. The summed E-state index contributed by atoms with van der Waals surface area (Å²) in [6.45, 7) is 1.14. The molecule has 1 N–H and O–H groups in total. The molecule has 3 aromatic rings. The number of benzene rings is 1. The van der Waals surface area contributed by atoms with Gasteiger partial charge in [0.05, 0.1) is 0 Å². The van der Waals surface area contributed by atoms with Gasteiger partial charge in [-0.25, -0.2) is 9.97 Å². The number of hydrogen-bond donors (Lipinski definition) is 1. The smallest absolute Gasteiger partial charge is 0.263 e. The number of rotatable bonds is 4. The number of carbonyl (C=O) groups is 1. The number of aliphatic hydroxyl groups excluding tert-OH is 1. The van der Waals surface area contributed by atoms with Crippen LogP contribution in [0.4, 0.5) is 11.5 Å². The third-order valence-electron chi connectivity index (χ3n) is 5.47. The zero-order valence-corrected chi connectivity index (χ0v) is 17.2. The maximum atomic E-state index is 13.5. The highest BCUT2D eigenvalue weighted by atomic mass is 32.2. The first kappa shape index (κ1) is 19.0. The Hall–Kier alpha value is -2.98. The summed E-state index contributed by atoms with van der Waals surface area (Å²) in [6.07, 6.45) is 5.64. The molecule has 10 heteroatoms. The predicted molar refractivity (Wildman–Crippen MR) is 112 cm³/mol. The van der Waals surface area contributed by atoms with Crippen molar-refractivity contribution in [1.29, 1.82) is 0 Å². The molecule has 2 aromatic heterocycles. The van der Waals surface area contributed by atoms with Crippen molar-refractivity contribution in [2.75, 3.05) is 29.1 Å². The third-order valence-corrected chi connectivity index (χ3v) is 6.03. The van der Waals surface area contributed by atoms with Crippen molar-refractivity contribution in [3.63, 3.8) is 0 Å². The SMILES string of the molecule is CSc1ncc2c(n1)N1CCCC1CN(c1cccc(-c3noc(CO)n3)c1)C2=O. The summed E-state index contributed by atoms with van der Waals surface area (Å²) in [5, 5.41) is 13.7. The molecule has 0 bridgehead atoms. The van der Waals surface area contributed by atoms with Gasteiger partial charge in [0.15, 0.2) is 5.16 Å². The van der Waals surface area contributed by atoms with Crippen molar-refractivity contribution in [3.05, 3.63) is 41.9 Å². The van der Waals surface area contributed by atoms with Gasteiger partial charge in [0.2, 0.25) is 5.82 Å². The average Bonchev–Trinajstić information content (AvgIpc) is 3.44. The van der Waals surface area contributed by atoms with Crippen LogP contribution in [-0.4, -0.2) is 56.5 Å². The molecule has 1 atom stereocenters. The number of carbonyl (C=O) groups excluding carboxylic acids is 1. The van der Waals surface area contributed by atoms with Crippen LogP contribution in [0, 0.1) is 0 Å². The van der Waals surface area contributed by atoms with Crippen LogP contribution in [0.5, 0.6) is 0 Å². The molecule has 0 radical (unpaired) electrons. The molecule has 1 fully saturated rings. The standard InChI is InChI=1S/C20H20N6O3S/c1-30-20-21-9-15-18(23-20)25-7-3-6-14(25)10-26(19(15)28)13-5-2-4-12(8-13)17-22-16(11-27)29-24-17/h2,4-5,8-9,14,27H,3,6-7,10-11H2,1H3. The van der Waals surface area contributed by atoms with Crippen molar-refractivity contribution < 1.29 is 14.4 Å². The second kappa shape index (κ2) is 7.69. The van der Waals surface area contributed by atoms with Crippen LogP contribution in [0.3, 0.4) is 0 Å². The van der Waals surface area contributed by atoms with Crippen molar-refractivity contribution in [3.8, 4) is 11.4 Å². The molecule has 4 heterocycles. The number of thioether (sulfide) groups is 1. The average molecular weight is 424 g/mol. The Bertz CT molecular complexity index is 1100. The number of amides is 1. The Morgan fingerprint density at radius 1 is 1.33 bits per heavy atom. The maximum Gasteiger partial charge on any atom is 0.263 e. The summed E-state index contributed by atoms with van der Waals surface area (Å²) >= 11 is 1.47.